The molecule has 0 fully saturated rings. The maximum Gasteiger partial charge on any atom is 0.0541 e. The fraction of sp³-hybridized carbons (Fsp3) is 0. The molecule has 10 aromatic carbocycles. The van der Waals surface area contributed by atoms with Crippen LogP contribution < -0.4 is 4.90 Å². The first-order chi connectivity index (χ1) is 29.8. The summed E-state index contributed by atoms with van der Waals surface area (Å²) in [5.74, 6) is 0. The van der Waals surface area contributed by atoms with Crippen LogP contribution in [-0.2, 0) is 0 Å². The summed E-state index contributed by atoms with van der Waals surface area (Å²) in [6.07, 6.45) is 0. The van der Waals surface area contributed by atoms with Crippen molar-refractivity contribution >= 4 is 49.6 Å². The van der Waals surface area contributed by atoms with Gasteiger partial charge in [0.1, 0.15) is 0 Å². The molecular weight excluding hydrogens is 725 g/mol. The van der Waals surface area contributed by atoms with E-state index in [2.05, 4.69) is 252 Å². The first-order valence-corrected chi connectivity index (χ1v) is 20.6. The maximum atomic E-state index is 2.41. The van der Waals surface area contributed by atoms with E-state index in [1.54, 1.807) is 0 Å². The summed E-state index contributed by atoms with van der Waals surface area (Å²) >= 11 is 0. The molecular formula is C58H40N2. The van der Waals surface area contributed by atoms with Gasteiger partial charge in [-0.05, 0) is 110 Å². The number of hydrogen-bond acceptors (Lipinski definition) is 1. The highest BCUT2D eigenvalue weighted by atomic mass is 15.1. The lowest BCUT2D eigenvalue weighted by Gasteiger charge is -2.29. The van der Waals surface area contributed by atoms with Gasteiger partial charge in [-0.3, -0.25) is 0 Å². The Hall–Kier alpha value is -7.94. The standard InChI is InChI=1S/C58H40N2/c1-3-14-41(15-4-1)43-26-33-48(34-27-43)59(49-35-28-45(29-36-49)52-23-13-19-44-18-7-8-20-51(44)52)58-39-32-47(42-16-5-2-6-17-42)40-55(58)46-30-37-50(38-31-46)60-56-24-11-9-21-53(56)54-22-10-12-25-57(54)60/h1-40H. The molecule has 0 radical (unpaired) electrons. The number of fused-ring (bicyclic) bond motifs is 4. The Labute approximate surface area is 350 Å². The third-order valence-corrected chi connectivity index (χ3v) is 11.8. The molecule has 0 unspecified atom stereocenters. The van der Waals surface area contributed by atoms with Gasteiger partial charge in [0, 0.05) is 33.4 Å². The Kier molecular flexibility index (Phi) is 8.87. The monoisotopic (exact) mass is 764 g/mol. The summed E-state index contributed by atoms with van der Waals surface area (Å²) in [5.41, 5.74) is 16.3. The molecule has 60 heavy (non-hydrogen) atoms. The first kappa shape index (κ1) is 35.2. The smallest absolute Gasteiger partial charge is 0.0541 e. The maximum absolute atomic E-state index is 2.41. The van der Waals surface area contributed by atoms with Crippen molar-refractivity contribution in [2.24, 2.45) is 0 Å². The second-order valence-electron chi connectivity index (χ2n) is 15.3. The zero-order valence-electron chi connectivity index (χ0n) is 33.0. The topological polar surface area (TPSA) is 8.17 Å². The van der Waals surface area contributed by atoms with Crippen LogP contribution in [0.25, 0.3) is 82.8 Å². The van der Waals surface area contributed by atoms with Crippen LogP contribution in [0.2, 0.25) is 0 Å². The molecule has 0 amide bonds. The fourth-order valence-corrected chi connectivity index (χ4v) is 8.89. The number of nitrogens with zero attached hydrogens (tertiary/aromatic N) is 2. The van der Waals surface area contributed by atoms with Gasteiger partial charge in [-0.25, -0.2) is 0 Å². The Bertz CT molecular complexity index is 3210. The molecule has 11 rings (SSSR count). The molecule has 11 aromatic rings. The number of anilines is 3. The Morgan fingerprint density at radius 2 is 0.733 bits per heavy atom. The molecule has 0 saturated heterocycles. The molecule has 282 valence electrons. The van der Waals surface area contributed by atoms with Gasteiger partial charge in [0.2, 0.25) is 0 Å². The van der Waals surface area contributed by atoms with Crippen LogP contribution in [0.3, 0.4) is 0 Å². The summed E-state index contributed by atoms with van der Waals surface area (Å²) in [6, 6.07) is 87.9. The minimum absolute atomic E-state index is 1.09. The van der Waals surface area contributed by atoms with Crippen LogP contribution >= 0.6 is 0 Å². The Balaban J connectivity index is 1.08. The highest BCUT2D eigenvalue weighted by Crippen LogP contribution is 2.44. The molecule has 0 aliphatic heterocycles. The number of hydrogen-bond donors (Lipinski definition) is 0. The van der Waals surface area contributed by atoms with Crippen LogP contribution in [0, 0.1) is 0 Å². The van der Waals surface area contributed by atoms with Crippen molar-refractivity contribution in [3.05, 3.63) is 243 Å². The predicted octanol–water partition coefficient (Wildman–Crippen LogP) is 16.1. The minimum atomic E-state index is 1.09. The summed E-state index contributed by atoms with van der Waals surface area (Å²) in [5, 5.41) is 5.02. The summed E-state index contributed by atoms with van der Waals surface area (Å²) in [4.78, 5) is 2.41. The molecule has 0 aliphatic carbocycles. The highest BCUT2D eigenvalue weighted by molar-refractivity contribution is 6.09. The van der Waals surface area contributed by atoms with E-state index in [-0.39, 0.29) is 0 Å². The Morgan fingerprint density at radius 1 is 0.283 bits per heavy atom. The van der Waals surface area contributed by atoms with E-state index < -0.39 is 0 Å². The van der Waals surface area contributed by atoms with E-state index in [1.165, 1.54) is 66.0 Å². The molecule has 0 saturated carbocycles. The molecule has 0 spiro atoms. The van der Waals surface area contributed by atoms with Crippen molar-refractivity contribution in [1.29, 1.82) is 0 Å². The second kappa shape index (κ2) is 15.1. The molecule has 0 aliphatic rings. The molecule has 1 aromatic heterocycles. The van der Waals surface area contributed by atoms with Gasteiger partial charge in [0.25, 0.3) is 0 Å². The van der Waals surface area contributed by atoms with E-state index in [1.807, 2.05) is 0 Å². The van der Waals surface area contributed by atoms with Crippen molar-refractivity contribution in [2.45, 2.75) is 0 Å². The van der Waals surface area contributed by atoms with Crippen LogP contribution in [0.15, 0.2) is 243 Å². The molecule has 1 heterocycles. The Morgan fingerprint density at radius 3 is 1.37 bits per heavy atom. The zero-order chi connectivity index (χ0) is 39.8. The molecule has 2 heteroatoms. The van der Waals surface area contributed by atoms with Gasteiger partial charge < -0.3 is 9.47 Å². The minimum Gasteiger partial charge on any atom is -0.310 e. The van der Waals surface area contributed by atoms with Crippen molar-refractivity contribution in [3.8, 4) is 50.2 Å². The van der Waals surface area contributed by atoms with E-state index in [4.69, 9.17) is 0 Å². The van der Waals surface area contributed by atoms with E-state index in [0.29, 0.717) is 0 Å². The van der Waals surface area contributed by atoms with Gasteiger partial charge in [0.15, 0.2) is 0 Å². The van der Waals surface area contributed by atoms with Gasteiger partial charge >= 0.3 is 0 Å². The van der Waals surface area contributed by atoms with Crippen LogP contribution in [0.5, 0.6) is 0 Å². The van der Waals surface area contributed by atoms with Gasteiger partial charge in [-0.1, -0.05) is 182 Å². The molecule has 2 nitrogen and oxygen atoms in total. The van der Waals surface area contributed by atoms with Crippen molar-refractivity contribution in [1.82, 2.24) is 4.57 Å². The lowest BCUT2D eigenvalue weighted by Crippen LogP contribution is -2.11. The van der Waals surface area contributed by atoms with Crippen LogP contribution in [-0.4, -0.2) is 4.57 Å². The predicted molar refractivity (Wildman–Crippen MR) is 255 cm³/mol. The number of aromatic nitrogens is 1. The third kappa shape index (κ3) is 6.32. The van der Waals surface area contributed by atoms with Gasteiger partial charge in [-0.2, -0.15) is 0 Å². The van der Waals surface area contributed by atoms with Crippen LogP contribution in [0.1, 0.15) is 0 Å². The number of para-hydroxylation sites is 2. The zero-order valence-corrected chi connectivity index (χ0v) is 33.0. The summed E-state index contributed by atoms with van der Waals surface area (Å²) < 4.78 is 2.38. The highest BCUT2D eigenvalue weighted by Gasteiger charge is 2.20. The molecule has 0 N–H and O–H groups in total. The van der Waals surface area contributed by atoms with Crippen molar-refractivity contribution in [2.75, 3.05) is 4.90 Å². The number of rotatable bonds is 8. The quantitative estimate of drug-likeness (QED) is 0.150. The average Bonchev–Trinajstić information content (AvgIpc) is 3.67. The van der Waals surface area contributed by atoms with Gasteiger partial charge in [-0.15, -0.1) is 0 Å². The normalized spacial score (nSPS) is 11.3. The number of benzene rings is 10. The lowest BCUT2D eigenvalue weighted by atomic mass is 9.95. The van der Waals surface area contributed by atoms with Crippen LogP contribution in [0.4, 0.5) is 17.1 Å². The van der Waals surface area contributed by atoms with Crippen molar-refractivity contribution in [3.63, 3.8) is 0 Å². The third-order valence-electron chi connectivity index (χ3n) is 11.8. The summed E-state index contributed by atoms with van der Waals surface area (Å²) in [7, 11) is 0. The fourth-order valence-electron chi connectivity index (χ4n) is 8.89. The second-order valence-corrected chi connectivity index (χ2v) is 15.3. The average molecular weight is 765 g/mol. The van der Waals surface area contributed by atoms with Gasteiger partial charge in [0.05, 0.1) is 16.7 Å². The van der Waals surface area contributed by atoms with E-state index in [9.17, 15) is 0 Å². The van der Waals surface area contributed by atoms with E-state index in [0.717, 1.165) is 33.9 Å². The summed E-state index contributed by atoms with van der Waals surface area (Å²) in [6.45, 7) is 0. The lowest BCUT2D eigenvalue weighted by molar-refractivity contribution is 1.18. The molecule has 0 bridgehead atoms. The molecule has 0 atom stereocenters. The SMILES string of the molecule is c1ccc(-c2ccc(N(c3ccc(-c4cccc5ccccc45)cc3)c3ccc(-c4ccccc4)cc3-c3ccc(-n4c5ccccc5c5ccccc54)cc3)cc2)cc1. The largest absolute Gasteiger partial charge is 0.310 e. The van der Waals surface area contributed by atoms with Crippen molar-refractivity contribution < 1.29 is 0 Å². The van der Waals surface area contributed by atoms with E-state index >= 15 is 0 Å². The first-order valence-electron chi connectivity index (χ1n) is 20.6.